The molecule has 0 fully saturated rings. The highest BCUT2D eigenvalue weighted by molar-refractivity contribution is 8.22. The van der Waals surface area contributed by atoms with Gasteiger partial charge in [0.1, 0.15) is 4.88 Å². The Kier molecular flexibility index (Phi) is 2.32. The summed E-state index contributed by atoms with van der Waals surface area (Å²) in [5.74, 6) is -1.87. The van der Waals surface area contributed by atoms with E-state index in [2.05, 4.69) is 0 Å². The van der Waals surface area contributed by atoms with E-state index in [1.54, 1.807) is 6.08 Å². The molecule has 0 saturated heterocycles. The van der Waals surface area contributed by atoms with Crippen molar-refractivity contribution < 1.29 is 19.8 Å². The van der Waals surface area contributed by atoms with E-state index in [9.17, 15) is 9.59 Å². The van der Waals surface area contributed by atoms with Gasteiger partial charge in [0.2, 0.25) is 0 Å². The molecule has 1 aliphatic rings. The quantitative estimate of drug-likeness (QED) is 0.694. The van der Waals surface area contributed by atoms with Crippen LogP contribution in [0.5, 0.6) is 0 Å². The highest BCUT2D eigenvalue weighted by Gasteiger charge is 2.27. The number of fused-ring (bicyclic) bond motifs is 1. The first kappa shape index (κ1) is 10.3. The Balaban J connectivity index is 2.46. The van der Waals surface area contributed by atoms with Gasteiger partial charge in [-0.05, 0) is 24.0 Å². The normalized spacial score (nSPS) is 20.9. The van der Waals surface area contributed by atoms with E-state index in [4.69, 9.17) is 10.2 Å². The van der Waals surface area contributed by atoms with Crippen molar-refractivity contribution in [3.05, 3.63) is 21.4 Å². The molecule has 1 atom stereocenters. The summed E-state index contributed by atoms with van der Waals surface area (Å²) in [7, 11) is -0.871. The van der Waals surface area contributed by atoms with Crippen LogP contribution in [0.4, 0.5) is 0 Å². The van der Waals surface area contributed by atoms with Gasteiger partial charge < -0.3 is 10.2 Å². The maximum atomic E-state index is 10.8. The van der Waals surface area contributed by atoms with Gasteiger partial charge in [-0.1, -0.05) is 0 Å². The van der Waals surface area contributed by atoms with E-state index in [1.165, 1.54) is 17.4 Å². The zero-order valence-electron chi connectivity index (χ0n) is 7.72. The van der Waals surface area contributed by atoms with Crippen molar-refractivity contribution in [1.82, 2.24) is 0 Å². The molecule has 0 radical (unpaired) electrons. The molecule has 2 rings (SSSR count). The fraction of sp³-hybridized carbons (Fsp3) is 0.111. The standard InChI is InChI=1S/C9H8O4S2/c1-15-6(8(12)13)3-4-2-5(7(10)11)14-9(4)15/h2-3,15H,1H3,(H,10,11)(H,12,13). The van der Waals surface area contributed by atoms with Gasteiger partial charge in [0.15, 0.2) is 0 Å². The van der Waals surface area contributed by atoms with Crippen LogP contribution < -0.4 is 0 Å². The predicted molar refractivity (Wildman–Crippen MR) is 60.1 cm³/mol. The first-order chi connectivity index (χ1) is 7.00. The number of carboxylic acid groups (broad SMARTS) is 2. The Labute approximate surface area is 92.2 Å². The molecule has 1 aliphatic heterocycles. The molecule has 1 aromatic rings. The minimum Gasteiger partial charge on any atom is -0.477 e. The first-order valence-corrected chi connectivity index (χ1v) is 6.67. The number of hydrogen-bond acceptors (Lipinski definition) is 3. The molecule has 1 aromatic heterocycles. The molecule has 80 valence electrons. The first-order valence-electron chi connectivity index (χ1n) is 4.06. The zero-order chi connectivity index (χ0) is 11.2. The molecule has 6 heteroatoms. The average Bonchev–Trinajstić information content (AvgIpc) is 2.65. The summed E-state index contributed by atoms with van der Waals surface area (Å²) in [6.45, 7) is 0. The van der Waals surface area contributed by atoms with Crippen LogP contribution in [0.1, 0.15) is 15.2 Å². The maximum Gasteiger partial charge on any atom is 0.345 e. The van der Waals surface area contributed by atoms with Crippen molar-refractivity contribution in [2.45, 2.75) is 4.21 Å². The molecule has 1 unspecified atom stereocenters. The monoisotopic (exact) mass is 244 g/mol. The fourth-order valence-corrected chi connectivity index (χ4v) is 4.64. The lowest BCUT2D eigenvalue weighted by molar-refractivity contribution is -0.131. The van der Waals surface area contributed by atoms with Crippen molar-refractivity contribution in [3.63, 3.8) is 0 Å². The topological polar surface area (TPSA) is 74.6 Å². The number of aromatic carboxylic acids is 1. The molecular weight excluding hydrogens is 236 g/mol. The number of thiophene rings is 1. The number of thiol groups is 1. The Morgan fingerprint density at radius 2 is 2.00 bits per heavy atom. The number of carbonyl (C=O) groups is 2. The summed E-state index contributed by atoms with van der Waals surface area (Å²) in [5.41, 5.74) is 0.753. The van der Waals surface area contributed by atoms with Crippen LogP contribution in [0.3, 0.4) is 0 Å². The van der Waals surface area contributed by atoms with Crippen LogP contribution in [-0.2, 0) is 4.79 Å². The SMILES string of the molecule is C[SH]1C(C(=O)O)=Cc2cc(C(=O)O)sc21. The second-order valence-electron chi connectivity index (χ2n) is 3.07. The van der Waals surface area contributed by atoms with Crippen molar-refractivity contribution in [2.24, 2.45) is 0 Å². The minimum atomic E-state index is -0.955. The van der Waals surface area contributed by atoms with Crippen LogP contribution in [-0.4, -0.2) is 28.4 Å². The van der Waals surface area contributed by atoms with E-state index < -0.39 is 22.8 Å². The molecular formula is C9H8O4S2. The van der Waals surface area contributed by atoms with E-state index in [0.717, 1.165) is 9.77 Å². The lowest BCUT2D eigenvalue weighted by Gasteiger charge is -2.09. The van der Waals surface area contributed by atoms with Crippen LogP contribution in [0.2, 0.25) is 0 Å². The second-order valence-corrected chi connectivity index (χ2v) is 6.47. The van der Waals surface area contributed by atoms with Gasteiger partial charge in [0.05, 0.1) is 9.11 Å². The summed E-state index contributed by atoms with van der Waals surface area (Å²) < 4.78 is 0.889. The van der Waals surface area contributed by atoms with Crippen LogP contribution in [0.15, 0.2) is 15.2 Å². The van der Waals surface area contributed by atoms with E-state index in [0.29, 0.717) is 4.91 Å². The highest BCUT2D eigenvalue weighted by atomic mass is 32.2. The van der Waals surface area contributed by atoms with Gasteiger partial charge in [0.25, 0.3) is 0 Å². The van der Waals surface area contributed by atoms with E-state index >= 15 is 0 Å². The van der Waals surface area contributed by atoms with Gasteiger partial charge in [0, 0.05) is 0 Å². The molecule has 2 heterocycles. The Hall–Kier alpha value is -1.27. The number of carboxylic acids is 2. The molecule has 2 N–H and O–H groups in total. The minimum absolute atomic E-state index is 0.273. The van der Waals surface area contributed by atoms with Crippen molar-refractivity contribution in [1.29, 1.82) is 0 Å². The summed E-state index contributed by atoms with van der Waals surface area (Å²) in [6, 6.07) is 1.54. The second kappa shape index (κ2) is 3.39. The average molecular weight is 244 g/mol. The van der Waals surface area contributed by atoms with Crippen molar-refractivity contribution in [2.75, 3.05) is 6.26 Å². The Morgan fingerprint density at radius 1 is 1.33 bits per heavy atom. The summed E-state index contributed by atoms with van der Waals surface area (Å²) in [4.78, 5) is 22.2. The summed E-state index contributed by atoms with van der Waals surface area (Å²) >= 11 is 1.17. The van der Waals surface area contributed by atoms with Gasteiger partial charge in [-0.15, -0.1) is 11.3 Å². The predicted octanol–water partition coefficient (Wildman–Crippen LogP) is 1.88. The lowest BCUT2D eigenvalue weighted by Crippen LogP contribution is -1.97. The van der Waals surface area contributed by atoms with Gasteiger partial charge in [-0.25, -0.2) is 9.59 Å². The molecule has 4 nitrogen and oxygen atoms in total. The van der Waals surface area contributed by atoms with Gasteiger partial charge in [-0.2, -0.15) is 10.9 Å². The van der Waals surface area contributed by atoms with Gasteiger partial charge in [-0.3, -0.25) is 0 Å². The van der Waals surface area contributed by atoms with Crippen LogP contribution in [0.25, 0.3) is 6.08 Å². The molecule has 0 aromatic carbocycles. The third kappa shape index (κ3) is 1.55. The summed E-state index contributed by atoms with van der Waals surface area (Å²) in [6.07, 6.45) is 3.41. The molecule has 0 saturated carbocycles. The van der Waals surface area contributed by atoms with Crippen LogP contribution in [0, 0.1) is 0 Å². The molecule has 15 heavy (non-hydrogen) atoms. The number of aliphatic carboxylic acids is 1. The van der Waals surface area contributed by atoms with E-state index in [1.807, 2.05) is 6.26 Å². The van der Waals surface area contributed by atoms with Gasteiger partial charge >= 0.3 is 11.9 Å². The molecule has 0 bridgehead atoms. The molecule has 0 amide bonds. The third-order valence-electron chi connectivity index (χ3n) is 2.13. The number of hydrogen-bond donors (Lipinski definition) is 3. The van der Waals surface area contributed by atoms with Crippen LogP contribution >= 0.6 is 22.2 Å². The smallest absolute Gasteiger partial charge is 0.345 e. The fourth-order valence-electron chi connectivity index (χ4n) is 1.43. The van der Waals surface area contributed by atoms with E-state index in [-0.39, 0.29) is 4.88 Å². The number of rotatable bonds is 2. The Morgan fingerprint density at radius 3 is 2.47 bits per heavy atom. The molecule has 0 spiro atoms. The third-order valence-corrected chi connectivity index (χ3v) is 6.08. The maximum absolute atomic E-state index is 10.8. The van der Waals surface area contributed by atoms with Crippen molar-refractivity contribution >= 4 is 40.2 Å². The largest absolute Gasteiger partial charge is 0.477 e. The lowest BCUT2D eigenvalue weighted by atomic mass is 10.3. The molecule has 0 aliphatic carbocycles. The Bertz CT molecular complexity index is 486. The highest BCUT2D eigenvalue weighted by Crippen LogP contribution is 2.53. The van der Waals surface area contributed by atoms with Crippen molar-refractivity contribution in [3.8, 4) is 0 Å². The summed E-state index contributed by atoms with van der Waals surface area (Å²) in [5, 5.41) is 17.7. The zero-order valence-corrected chi connectivity index (χ0v) is 9.43.